The molecule has 1 aliphatic heterocycles. The number of anilines is 1. The number of benzene rings is 1. The fourth-order valence-corrected chi connectivity index (χ4v) is 2.66. The van der Waals surface area contributed by atoms with Crippen molar-refractivity contribution in [3.05, 3.63) is 29.6 Å². The highest BCUT2D eigenvalue weighted by molar-refractivity contribution is 7.80. The molecule has 1 aromatic rings. The Kier molecular flexibility index (Phi) is 4.71. The summed E-state index contributed by atoms with van der Waals surface area (Å²) in [5.74, 6) is 0.315. The van der Waals surface area contributed by atoms with Crippen LogP contribution in [0.25, 0.3) is 0 Å². The highest BCUT2D eigenvalue weighted by atomic mass is 32.1. The van der Waals surface area contributed by atoms with Gasteiger partial charge < -0.3 is 16.0 Å². The summed E-state index contributed by atoms with van der Waals surface area (Å²) < 4.78 is 13.2. The summed E-state index contributed by atoms with van der Waals surface area (Å²) in [6, 6.07) is 4.52. The average molecular weight is 281 g/mol. The lowest BCUT2D eigenvalue weighted by atomic mass is 10.1. The largest absolute Gasteiger partial charge is 0.389 e. The fraction of sp³-hybridized carbons (Fsp3) is 0.500. The molecule has 1 atom stereocenters. The van der Waals surface area contributed by atoms with Crippen LogP contribution in [0.4, 0.5) is 10.1 Å². The molecular weight excluding hydrogens is 261 g/mol. The second-order valence-corrected chi connectivity index (χ2v) is 5.42. The van der Waals surface area contributed by atoms with E-state index in [4.69, 9.17) is 18.0 Å². The minimum atomic E-state index is -0.314. The van der Waals surface area contributed by atoms with Crippen molar-refractivity contribution in [2.45, 2.75) is 13.3 Å². The molecule has 3 N–H and O–H groups in total. The Hall–Kier alpha value is -1.20. The minimum Gasteiger partial charge on any atom is -0.389 e. The Morgan fingerprint density at radius 2 is 2.37 bits per heavy atom. The molecule has 0 spiro atoms. The quantitative estimate of drug-likeness (QED) is 0.812. The van der Waals surface area contributed by atoms with Gasteiger partial charge in [-0.2, -0.15) is 0 Å². The van der Waals surface area contributed by atoms with Crippen LogP contribution in [0, 0.1) is 11.7 Å². The molecule has 1 fully saturated rings. The summed E-state index contributed by atoms with van der Waals surface area (Å²) in [5, 5.41) is 3.35. The van der Waals surface area contributed by atoms with Gasteiger partial charge in [0.25, 0.3) is 0 Å². The number of thiocarbonyl (C=S) groups is 1. The van der Waals surface area contributed by atoms with Gasteiger partial charge in [-0.25, -0.2) is 4.39 Å². The fourth-order valence-electron chi connectivity index (χ4n) is 2.50. The number of likely N-dealkylation sites (tertiary alicyclic amines) is 1. The predicted octanol–water partition coefficient (Wildman–Crippen LogP) is 2.21. The summed E-state index contributed by atoms with van der Waals surface area (Å²) >= 11 is 4.96. The van der Waals surface area contributed by atoms with E-state index < -0.39 is 0 Å². The van der Waals surface area contributed by atoms with Crippen molar-refractivity contribution in [1.29, 1.82) is 0 Å². The number of nitrogens with two attached hydrogens (primary N) is 1. The lowest BCUT2D eigenvalue weighted by Gasteiger charge is -2.16. The molecule has 1 unspecified atom stereocenters. The van der Waals surface area contributed by atoms with Crippen LogP contribution in [0.2, 0.25) is 0 Å². The van der Waals surface area contributed by atoms with Gasteiger partial charge in [0.1, 0.15) is 10.8 Å². The van der Waals surface area contributed by atoms with E-state index in [1.807, 2.05) is 0 Å². The van der Waals surface area contributed by atoms with Crippen molar-refractivity contribution in [3.8, 4) is 0 Å². The van der Waals surface area contributed by atoms with E-state index >= 15 is 0 Å². The molecule has 0 aromatic heterocycles. The number of nitrogens with zero attached hydrogens (tertiary/aromatic N) is 1. The molecular formula is C14H20FN3S. The van der Waals surface area contributed by atoms with Crippen LogP contribution in [0.3, 0.4) is 0 Å². The predicted molar refractivity (Wildman–Crippen MR) is 81.0 cm³/mol. The summed E-state index contributed by atoms with van der Waals surface area (Å²) in [5.41, 5.74) is 7.03. The van der Waals surface area contributed by atoms with Gasteiger partial charge in [0, 0.05) is 24.3 Å². The summed E-state index contributed by atoms with van der Waals surface area (Å²) in [4.78, 5) is 2.66. The molecule has 0 saturated carbocycles. The smallest absolute Gasteiger partial charge is 0.124 e. The Balaban J connectivity index is 1.98. The van der Waals surface area contributed by atoms with E-state index in [1.165, 1.54) is 18.6 Å². The third-order valence-corrected chi connectivity index (χ3v) is 3.87. The third kappa shape index (κ3) is 3.64. The molecule has 19 heavy (non-hydrogen) atoms. The van der Waals surface area contributed by atoms with Gasteiger partial charge in [-0.1, -0.05) is 19.1 Å². The maximum Gasteiger partial charge on any atom is 0.124 e. The molecule has 0 aliphatic carbocycles. The van der Waals surface area contributed by atoms with Gasteiger partial charge in [0.05, 0.1) is 0 Å². The van der Waals surface area contributed by atoms with Crippen molar-refractivity contribution < 1.29 is 4.39 Å². The molecule has 1 aromatic carbocycles. The number of nitrogens with one attached hydrogen (secondary N) is 1. The number of rotatable bonds is 5. The Morgan fingerprint density at radius 3 is 3.00 bits per heavy atom. The second-order valence-electron chi connectivity index (χ2n) is 4.98. The Labute approximate surface area is 119 Å². The SMILES string of the molecule is CCN1CCC(CNc2ccc(F)cc2C(N)=S)C1. The number of hydrogen-bond donors (Lipinski definition) is 2. The molecule has 0 radical (unpaired) electrons. The van der Waals surface area contributed by atoms with Gasteiger partial charge in [0.2, 0.25) is 0 Å². The number of hydrogen-bond acceptors (Lipinski definition) is 3. The highest BCUT2D eigenvalue weighted by Crippen LogP contribution is 2.20. The Morgan fingerprint density at radius 1 is 1.58 bits per heavy atom. The molecule has 0 bridgehead atoms. The van der Waals surface area contributed by atoms with Gasteiger partial charge in [0.15, 0.2) is 0 Å². The van der Waals surface area contributed by atoms with Crippen LogP contribution < -0.4 is 11.1 Å². The molecule has 0 amide bonds. The van der Waals surface area contributed by atoms with Gasteiger partial charge >= 0.3 is 0 Å². The average Bonchev–Trinajstić information content (AvgIpc) is 2.85. The summed E-state index contributed by atoms with van der Waals surface area (Å²) in [6.07, 6.45) is 1.20. The molecule has 1 saturated heterocycles. The maximum atomic E-state index is 13.2. The standard InChI is InChI=1S/C14H20FN3S/c1-2-18-6-5-10(9-18)8-17-13-4-3-11(15)7-12(13)14(16)19/h3-4,7,10,17H,2,5-6,8-9H2,1H3,(H2,16,19). The monoisotopic (exact) mass is 281 g/mol. The van der Waals surface area contributed by atoms with Gasteiger partial charge in [-0.3, -0.25) is 0 Å². The van der Waals surface area contributed by atoms with Gasteiger partial charge in [-0.05, 0) is 43.6 Å². The van der Waals surface area contributed by atoms with Crippen molar-refractivity contribution in [1.82, 2.24) is 4.90 Å². The minimum absolute atomic E-state index is 0.226. The summed E-state index contributed by atoms with van der Waals surface area (Å²) in [7, 11) is 0. The molecule has 3 nitrogen and oxygen atoms in total. The van der Waals surface area contributed by atoms with Crippen molar-refractivity contribution in [3.63, 3.8) is 0 Å². The first kappa shape index (κ1) is 14.2. The molecule has 1 heterocycles. The van der Waals surface area contributed by atoms with E-state index in [2.05, 4.69) is 17.1 Å². The lowest BCUT2D eigenvalue weighted by molar-refractivity contribution is 0.345. The zero-order valence-corrected chi connectivity index (χ0v) is 12.0. The summed E-state index contributed by atoms with van der Waals surface area (Å²) in [6.45, 7) is 6.44. The van der Waals surface area contributed by atoms with Crippen LogP contribution in [0.5, 0.6) is 0 Å². The van der Waals surface area contributed by atoms with Crippen molar-refractivity contribution in [2.75, 3.05) is 31.5 Å². The first-order valence-corrected chi connectivity index (χ1v) is 7.06. The number of halogens is 1. The molecule has 1 aliphatic rings. The van der Waals surface area contributed by atoms with E-state index in [1.54, 1.807) is 6.07 Å². The van der Waals surface area contributed by atoms with Crippen LogP contribution in [0.1, 0.15) is 18.9 Å². The normalized spacial score (nSPS) is 19.6. The van der Waals surface area contributed by atoms with E-state index in [0.29, 0.717) is 11.5 Å². The Bertz CT molecular complexity index is 464. The first-order chi connectivity index (χ1) is 9.10. The third-order valence-electron chi connectivity index (χ3n) is 3.65. The highest BCUT2D eigenvalue weighted by Gasteiger charge is 2.21. The van der Waals surface area contributed by atoms with Crippen LogP contribution in [0.15, 0.2) is 18.2 Å². The maximum absolute atomic E-state index is 13.2. The van der Waals surface area contributed by atoms with Crippen LogP contribution in [-0.4, -0.2) is 36.1 Å². The zero-order chi connectivity index (χ0) is 13.8. The van der Waals surface area contributed by atoms with Crippen LogP contribution >= 0.6 is 12.2 Å². The van der Waals surface area contributed by atoms with E-state index in [0.717, 1.165) is 31.9 Å². The van der Waals surface area contributed by atoms with Gasteiger partial charge in [-0.15, -0.1) is 0 Å². The molecule has 104 valence electrons. The van der Waals surface area contributed by atoms with E-state index in [-0.39, 0.29) is 10.8 Å². The lowest BCUT2D eigenvalue weighted by Crippen LogP contribution is -2.23. The zero-order valence-electron chi connectivity index (χ0n) is 11.2. The van der Waals surface area contributed by atoms with Crippen LogP contribution in [-0.2, 0) is 0 Å². The molecule has 5 heteroatoms. The van der Waals surface area contributed by atoms with E-state index in [9.17, 15) is 4.39 Å². The first-order valence-electron chi connectivity index (χ1n) is 6.65. The second kappa shape index (κ2) is 6.30. The topological polar surface area (TPSA) is 41.3 Å². The van der Waals surface area contributed by atoms with Crippen molar-refractivity contribution in [2.24, 2.45) is 11.7 Å². The van der Waals surface area contributed by atoms with Crippen molar-refractivity contribution >= 4 is 22.9 Å². The molecule has 2 rings (SSSR count).